The number of hydrogen-bond donors (Lipinski definition) is 0. The molecule has 0 radical (unpaired) electrons. The summed E-state index contributed by atoms with van der Waals surface area (Å²) in [6.45, 7) is 4.80. The summed E-state index contributed by atoms with van der Waals surface area (Å²) in [5.74, 6) is 1.36. The van der Waals surface area contributed by atoms with Gasteiger partial charge in [0.2, 0.25) is 0 Å². The zero-order valence-corrected chi connectivity index (χ0v) is 18.0. The van der Waals surface area contributed by atoms with Gasteiger partial charge in [0.05, 0.1) is 24.2 Å². The van der Waals surface area contributed by atoms with Crippen LogP contribution >= 0.6 is 0 Å². The van der Waals surface area contributed by atoms with Crippen LogP contribution in [0.3, 0.4) is 0 Å². The molecule has 4 rings (SSSR count). The molecule has 3 aromatic carbocycles. The Balaban J connectivity index is 1.33. The minimum Gasteiger partial charge on any atom is -0.494 e. The smallest absolute Gasteiger partial charge is 0.329 e. The summed E-state index contributed by atoms with van der Waals surface area (Å²) in [4.78, 5) is 17.1. The van der Waals surface area contributed by atoms with Gasteiger partial charge in [0, 0.05) is 23.8 Å². The highest BCUT2D eigenvalue weighted by Crippen LogP contribution is 2.31. The molecule has 0 amide bonds. The zero-order valence-electron chi connectivity index (χ0n) is 18.0. The number of benzene rings is 3. The van der Waals surface area contributed by atoms with E-state index in [0.29, 0.717) is 13.2 Å². The predicted octanol–water partition coefficient (Wildman–Crippen LogP) is 5.71. The fourth-order valence-corrected chi connectivity index (χ4v) is 3.70. The molecule has 0 atom stereocenters. The molecule has 0 spiro atoms. The van der Waals surface area contributed by atoms with E-state index in [1.165, 1.54) is 6.92 Å². The summed E-state index contributed by atoms with van der Waals surface area (Å²) >= 11 is 0. The average molecular weight is 418 g/mol. The number of carbonyl (C=O) groups excluding carboxylic acids is 1. The molecule has 0 aliphatic heterocycles. The number of hydrogen-bond acceptors (Lipinski definition) is 4. The number of carbonyl (C=O) groups is 1. The first kappa shape index (κ1) is 20.8. The van der Waals surface area contributed by atoms with Gasteiger partial charge >= 0.3 is 5.97 Å². The predicted molar refractivity (Wildman–Crippen MR) is 123 cm³/mol. The second-order valence-electron chi connectivity index (χ2n) is 7.60. The Morgan fingerprint density at radius 2 is 1.52 bits per heavy atom. The molecule has 5 nitrogen and oxygen atoms in total. The number of nitrogens with zero attached hydrogens (tertiary/aromatic N) is 1. The Kier molecular flexibility index (Phi) is 6.41. The molecule has 0 aliphatic rings. The first-order chi connectivity index (χ1) is 15.1. The first-order valence-electron chi connectivity index (χ1n) is 10.7. The quantitative estimate of drug-likeness (QED) is 0.328. The Labute approximate surface area is 182 Å². The van der Waals surface area contributed by atoms with Gasteiger partial charge in [-0.3, -0.25) is 0 Å². The van der Waals surface area contributed by atoms with Gasteiger partial charge in [0.25, 0.3) is 0 Å². The number of unbranched alkanes of at least 4 members (excludes halogenated alkanes) is 2. The highest BCUT2D eigenvalue weighted by atomic mass is 16.7. The number of ether oxygens (including phenoxy) is 2. The van der Waals surface area contributed by atoms with Gasteiger partial charge in [-0.05, 0) is 56.0 Å². The van der Waals surface area contributed by atoms with Crippen LogP contribution in [0.5, 0.6) is 11.5 Å². The van der Waals surface area contributed by atoms with Crippen LogP contribution in [0.4, 0.5) is 0 Å². The number of fused-ring (bicyclic) bond motifs is 3. The van der Waals surface area contributed by atoms with Crippen LogP contribution in [0.2, 0.25) is 0 Å². The third kappa shape index (κ3) is 4.82. The van der Waals surface area contributed by atoms with E-state index in [9.17, 15) is 4.79 Å². The van der Waals surface area contributed by atoms with Crippen molar-refractivity contribution in [2.24, 2.45) is 0 Å². The second-order valence-corrected chi connectivity index (χ2v) is 7.60. The first-order valence-corrected chi connectivity index (χ1v) is 10.7. The minimum absolute atomic E-state index is 0.359. The maximum atomic E-state index is 11.6. The van der Waals surface area contributed by atoms with E-state index in [1.807, 2.05) is 60.7 Å². The lowest BCUT2D eigenvalue weighted by molar-refractivity contribution is -0.140. The fraction of sp³-hybridized carbons (Fsp3) is 0.269. The molecule has 1 heterocycles. The Bertz CT molecular complexity index is 1190. The van der Waals surface area contributed by atoms with Crippen LogP contribution in [0.25, 0.3) is 21.8 Å². The van der Waals surface area contributed by atoms with E-state index >= 15 is 0 Å². The molecule has 0 saturated heterocycles. The van der Waals surface area contributed by atoms with Gasteiger partial charge in [-0.2, -0.15) is 4.73 Å². The number of aryl methyl sites for hydroxylation is 1. The third-order valence-corrected chi connectivity index (χ3v) is 5.23. The highest BCUT2D eigenvalue weighted by molar-refractivity contribution is 6.08. The summed E-state index contributed by atoms with van der Waals surface area (Å²) in [5, 5.41) is 2.07. The maximum absolute atomic E-state index is 11.6. The van der Waals surface area contributed by atoms with E-state index < -0.39 is 0 Å². The van der Waals surface area contributed by atoms with Crippen LogP contribution in [0, 0.1) is 6.92 Å². The highest BCUT2D eigenvalue weighted by Gasteiger charge is 2.13. The van der Waals surface area contributed by atoms with Gasteiger partial charge in [0.15, 0.2) is 0 Å². The van der Waals surface area contributed by atoms with E-state index in [0.717, 1.165) is 58.1 Å². The van der Waals surface area contributed by atoms with Crippen LogP contribution in [-0.4, -0.2) is 23.9 Å². The molecular formula is C26H27NO4. The van der Waals surface area contributed by atoms with Crippen molar-refractivity contribution in [3.63, 3.8) is 0 Å². The van der Waals surface area contributed by atoms with Crippen LogP contribution in [0.1, 0.15) is 31.7 Å². The molecule has 0 saturated carbocycles. The van der Waals surface area contributed by atoms with Crippen molar-refractivity contribution in [1.82, 2.24) is 4.73 Å². The third-order valence-electron chi connectivity index (χ3n) is 5.23. The molecule has 1 aromatic heterocycles. The van der Waals surface area contributed by atoms with E-state index in [2.05, 4.69) is 13.0 Å². The summed E-state index contributed by atoms with van der Waals surface area (Å²) < 4.78 is 13.4. The second kappa shape index (κ2) is 9.56. The summed E-state index contributed by atoms with van der Waals surface area (Å²) in [7, 11) is 0. The topological polar surface area (TPSA) is 49.7 Å². The van der Waals surface area contributed by atoms with Crippen molar-refractivity contribution >= 4 is 27.8 Å². The number of rotatable bonds is 9. The molecule has 5 heteroatoms. The molecule has 0 N–H and O–H groups in total. The van der Waals surface area contributed by atoms with Crippen molar-refractivity contribution in [3.05, 3.63) is 72.3 Å². The fourth-order valence-electron chi connectivity index (χ4n) is 3.70. The average Bonchev–Trinajstić information content (AvgIpc) is 3.07. The Hall–Kier alpha value is -3.47. The van der Waals surface area contributed by atoms with Crippen molar-refractivity contribution in [3.8, 4) is 11.5 Å². The molecule has 31 heavy (non-hydrogen) atoms. The lowest BCUT2D eigenvalue weighted by Crippen LogP contribution is -2.15. The molecular weight excluding hydrogens is 390 g/mol. The normalized spacial score (nSPS) is 11.0. The molecule has 0 fully saturated rings. The summed E-state index contributed by atoms with van der Waals surface area (Å²) in [5.41, 5.74) is 2.84. The van der Waals surface area contributed by atoms with Gasteiger partial charge in [-0.25, -0.2) is 4.79 Å². The van der Waals surface area contributed by atoms with Gasteiger partial charge in [-0.15, -0.1) is 0 Å². The number of aromatic nitrogens is 1. The molecule has 0 unspecified atom stereocenters. The maximum Gasteiger partial charge on any atom is 0.329 e. The Morgan fingerprint density at radius 3 is 2.32 bits per heavy atom. The molecule has 4 aromatic rings. The van der Waals surface area contributed by atoms with Gasteiger partial charge in [-0.1, -0.05) is 36.4 Å². The Morgan fingerprint density at radius 1 is 0.806 bits per heavy atom. The lowest BCUT2D eigenvalue weighted by atomic mass is 10.1. The van der Waals surface area contributed by atoms with Crippen LogP contribution in [-0.2, 0) is 4.79 Å². The van der Waals surface area contributed by atoms with E-state index in [-0.39, 0.29) is 5.97 Å². The van der Waals surface area contributed by atoms with Crippen molar-refractivity contribution in [2.45, 2.75) is 33.1 Å². The van der Waals surface area contributed by atoms with E-state index in [4.69, 9.17) is 14.3 Å². The zero-order chi connectivity index (χ0) is 21.6. The number of para-hydroxylation sites is 2. The monoisotopic (exact) mass is 417 g/mol. The molecule has 0 aliphatic carbocycles. The van der Waals surface area contributed by atoms with Gasteiger partial charge < -0.3 is 14.3 Å². The lowest BCUT2D eigenvalue weighted by Gasteiger charge is -2.10. The van der Waals surface area contributed by atoms with Crippen LogP contribution in [0.15, 0.2) is 66.7 Å². The van der Waals surface area contributed by atoms with Gasteiger partial charge in [0.1, 0.15) is 11.5 Å². The SMILES string of the molecule is CC(=O)On1c2ccccc2c2ccc(OCCCCCOc3ccccc3C)cc21. The summed E-state index contributed by atoms with van der Waals surface area (Å²) in [6.07, 6.45) is 2.96. The standard InChI is InChI=1S/C26H27NO4/c1-19-10-4-7-13-26(19)30-17-9-3-8-16-29-21-14-15-23-22-11-5-6-12-24(22)27(25(23)18-21)31-20(2)28/h4-7,10-15,18H,3,8-9,16-17H2,1-2H3. The summed E-state index contributed by atoms with van der Waals surface area (Å²) in [6, 6.07) is 21.9. The van der Waals surface area contributed by atoms with Crippen LogP contribution < -0.4 is 14.3 Å². The van der Waals surface area contributed by atoms with Crippen molar-refractivity contribution in [1.29, 1.82) is 0 Å². The van der Waals surface area contributed by atoms with E-state index in [1.54, 1.807) is 4.73 Å². The largest absolute Gasteiger partial charge is 0.494 e. The molecule has 160 valence electrons. The van der Waals surface area contributed by atoms with Crippen molar-refractivity contribution < 1.29 is 19.1 Å². The molecule has 0 bridgehead atoms. The minimum atomic E-state index is -0.359. The van der Waals surface area contributed by atoms with Crippen molar-refractivity contribution in [2.75, 3.05) is 13.2 Å².